The van der Waals surface area contributed by atoms with Gasteiger partial charge in [-0.05, 0) is 55.4 Å². The van der Waals surface area contributed by atoms with Crippen LogP contribution in [0.5, 0.6) is 0 Å². The molecule has 0 aromatic carbocycles. The molecule has 0 spiro atoms. The summed E-state index contributed by atoms with van der Waals surface area (Å²) in [6.45, 7) is 1.11. The number of nitrogens with one attached hydrogen (secondary N) is 1. The van der Waals surface area contributed by atoms with Gasteiger partial charge in [0.15, 0.2) is 0 Å². The highest BCUT2D eigenvalue weighted by molar-refractivity contribution is 5.77. The van der Waals surface area contributed by atoms with E-state index in [0.717, 1.165) is 44.6 Å². The molecule has 1 saturated heterocycles. The monoisotopic (exact) mass is 341 g/mol. The van der Waals surface area contributed by atoms with Crippen LogP contribution in [0.4, 0.5) is 11.8 Å². The number of amides is 1. The quantitative estimate of drug-likeness (QED) is 0.832. The van der Waals surface area contributed by atoms with Crippen LogP contribution in [0.2, 0.25) is 0 Å². The van der Waals surface area contributed by atoms with Gasteiger partial charge >= 0.3 is 0 Å². The van der Waals surface area contributed by atoms with Gasteiger partial charge < -0.3 is 15.3 Å². The summed E-state index contributed by atoms with van der Waals surface area (Å²) >= 11 is 0. The number of anilines is 2. The lowest BCUT2D eigenvalue weighted by atomic mass is 9.90. The zero-order valence-corrected chi connectivity index (χ0v) is 14.1. The summed E-state index contributed by atoms with van der Waals surface area (Å²) in [5.74, 6) is 1.73. The highest BCUT2D eigenvalue weighted by atomic mass is 16.3. The van der Waals surface area contributed by atoms with E-state index in [4.69, 9.17) is 5.11 Å². The molecule has 3 rings (SSSR count). The fourth-order valence-corrected chi connectivity index (χ4v) is 3.12. The van der Waals surface area contributed by atoms with Gasteiger partial charge in [0, 0.05) is 31.7 Å². The Morgan fingerprint density at radius 3 is 2.68 bits per heavy atom. The third kappa shape index (κ3) is 4.96. The van der Waals surface area contributed by atoms with Crippen LogP contribution in [0.3, 0.4) is 0 Å². The molecule has 1 aliphatic rings. The molecule has 1 amide bonds. The van der Waals surface area contributed by atoms with E-state index >= 15 is 0 Å². The number of hydrogen-bond acceptors (Lipinski definition) is 6. The zero-order chi connectivity index (χ0) is 17.5. The fraction of sp³-hybridized carbons (Fsp3) is 0.444. The summed E-state index contributed by atoms with van der Waals surface area (Å²) in [5.41, 5.74) is 1.22. The van der Waals surface area contributed by atoms with Gasteiger partial charge in [-0.15, -0.1) is 0 Å². The maximum Gasteiger partial charge on any atom is 0.248 e. The van der Waals surface area contributed by atoms with Crippen molar-refractivity contribution in [1.29, 1.82) is 0 Å². The molecule has 132 valence electrons. The molecular weight excluding hydrogens is 318 g/mol. The maximum absolute atomic E-state index is 11.5. The number of nitrogens with zero attached hydrogens (tertiary/aromatic N) is 4. The lowest BCUT2D eigenvalue weighted by Crippen LogP contribution is -2.40. The molecule has 1 fully saturated rings. The van der Waals surface area contributed by atoms with Crippen LogP contribution < -0.4 is 5.32 Å². The number of hydrogen-bond donors (Lipinski definition) is 2. The summed E-state index contributed by atoms with van der Waals surface area (Å²) < 4.78 is 0. The molecule has 0 aliphatic carbocycles. The summed E-state index contributed by atoms with van der Waals surface area (Å²) in [6, 6.07) is 5.83. The minimum atomic E-state index is -0.386. The minimum Gasteiger partial charge on any atom is -0.387 e. The van der Waals surface area contributed by atoms with Crippen molar-refractivity contribution in [2.24, 2.45) is 5.92 Å². The minimum absolute atomic E-state index is 0.161. The van der Waals surface area contributed by atoms with Crippen LogP contribution in [-0.4, -0.2) is 50.6 Å². The van der Waals surface area contributed by atoms with Crippen LogP contribution in [0, 0.1) is 5.92 Å². The Morgan fingerprint density at radius 1 is 1.20 bits per heavy atom. The van der Waals surface area contributed by atoms with Gasteiger partial charge in [0.05, 0.1) is 0 Å². The highest BCUT2D eigenvalue weighted by Gasteiger charge is 2.21. The number of carbonyl (C=O) groups excluding carboxylic acids is 1. The first-order valence-electron chi connectivity index (χ1n) is 8.62. The number of aliphatic hydroxyl groups is 1. The average molecular weight is 341 g/mol. The van der Waals surface area contributed by atoms with E-state index in [-0.39, 0.29) is 12.5 Å². The smallest absolute Gasteiger partial charge is 0.248 e. The van der Waals surface area contributed by atoms with Crippen molar-refractivity contribution < 1.29 is 9.90 Å². The van der Waals surface area contributed by atoms with Crippen LogP contribution >= 0.6 is 0 Å². The average Bonchev–Trinajstić information content (AvgIpc) is 2.67. The number of pyridine rings is 1. The lowest BCUT2D eigenvalue weighted by molar-refractivity contribution is -0.135. The molecule has 25 heavy (non-hydrogen) atoms. The van der Waals surface area contributed by atoms with Crippen molar-refractivity contribution in [2.45, 2.75) is 25.7 Å². The molecule has 0 radical (unpaired) electrons. The van der Waals surface area contributed by atoms with E-state index in [2.05, 4.69) is 20.3 Å². The maximum atomic E-state index is 11.5. The molecule has 1 aliphatic heterocycles. The summed E-state index contributed by atoms with van der Waals surface area (Å²) in [5, 5.41) is 12.0. The Hall–Kier alpha value is -2.54. The Labute approximate surface area is 147 Å². The van der Waals surface area contributed by atoms with Crippen LogP contribution in [0.15, 0.2) is 36.8 Å². The van der Waals surface area contributed by atoms with E-state index in [0.29, 0.717) is 11.9 Å². The highest BCUT2D eigenvalue weighted by Crippen LogP contribution is 2.23. The van der Waals surface area contributed by atoms with Crippen molar-refractivity contribution in [1.82, 2.24) is 19.9 Å². The molecule has 0 bridgehead atoms. The number of aromatic nitrogens is 3. The van der Waals surface area contributed by atoms with Crippen molar-refractivity contribution in [3.05, 3.63) is 42.4 Å². The largest absolute Gasteiger partial charge is 0.387 e. The second-order valence-electron chi connectivity index (χ2n) is 6.27. The van der Waals surface area contributed by atoms with Crippen LogP contribution in [0.1, 0.15) is 24.8 Å². The predicted molar refractivity (Wildman–Crippen MR) is 94.3 cm³/mol. The molecule has 2 aromatic rings. The van der Waals surface area contributed by atoms with Crippen LogP contribution in [-0.2, 0) is 11.2 Å². The van der Waals surface area contributed by atoms with Gasteiger partial charge in [-0.25, -0.2) is 15.0 Å². The molecule has 3 heterocycles. The number of piperidine rings is 1. The Kier molecular flexibility index (Phi) is 5.90. The number of aliphatic hydroxyl groups excluding tert-OH is 1. The molecule has 7 heteroatoms. The molecule has 2 aromatic heterocycles. The number of rotatable bonds is 6. The molecule has 7 nitrogen and oxygen atoms in total. The predicted octanol–water partition coefficient (Wildman–Crippen LogP) is 1.78. The normalized spacial score (nSPS) is 15.2. The van der Waals surface area contributed by atoms with Gasteiger partial charge in [-0.2, -0.15) is 0 Å². The Bertz CT molecular complexity index is 687. The van der Waals surface area contributed by atoms with Crippen molar-refractivity contribution in [2.75, 3.05) is 25.0 Å². The van der Waals surface area contributed by atoms with Gasteiger partial charge in [0.1, 0.15) is 12.4 Å². The SMILES string of the molecule is O=C(CO)N1CCC(CCc2ccnc(Nc3ncccn3)c2)CC1. The first-order valence-corrected chi connectivity index (χ1v) is 8.62. The lowest BCUT2D eigenvalue weighted by Gasteiger charge is -2.31. The summed E-state index contributed by atoms with van der Waals surface area (Å²) in [7, 11) is 0. The van der Waals surface area contributed by atoms with Crippen molar-refractivity contribution in [3.63, 3.8) is 0 Å². The van der Waals surface area contributed by atoms with Crippen LogP contribution in [0.25, 0.3) is 0 Å². The number of carbonyl (C=O) groups is 1. The van der Waals surface area contributed by atoms with E-state index in [9.17, 15) is 4.79 Å². The Balaban J connectivity index is 1.49. The van der Waals surface area contributed by atoms with E-state index in [1.807, 2.05) is 12.1 Å². The van der Waals surface area contributed by atoms with E-state index < -0.39 is 0 Å². The Morgan fingerprint density at radius 2 is 1.96 bits per heavy atom. The standard InChI is InChI=1S/C18H23N5O2/c24-13-17(25)23-10-5-14(6-11-23)2-3-15-4-9-19-16(12-15)22-18-20-7-1-8-21-18/h1,4,7-9,12,14,24H,2-3,5-6,10-11,13H2,(H,19,20,21,22). The first-order chi connectivity index (χ1) is 12.2. The third-order valence-corrected chi connectivity index (χ3v) is 4.57. The summed E-state index contributed by atoms with van der Waals surface area (Å²) in [6.07, 6.45) is 9.24. The molecular formula is C18H23N5O2. The van der Waals surface area contributed by atoms with E-state index in [1.54, 1.807) is 29.6 Å². The molecule has 0 atom stereocenters. The topological polar surface area (TPSA) is 91.2 Å². The van der Waals surface area contributed by atoms with Gasteiger partial charge in [0.2, 0.25) is 11.9 Å². The van der Waals surface area contributed by atoms with Crippen molar-refractivity contribution >= 4 is 17.7 Å². The van der Waals surface area contributed by atoms with Gasteiger partial charge in [0.25, 0.3) is 0 Å². The molecule has 0 unspecified atom stereocenters. The van der Waals surface area contributed by atoms with Crippen molar-refractivity contribution in [3.8, 4) is 0 Å². The first kappa shape index (κ1) is 17.3. The van der Waals surface area contributed by atoms with Gasteiger partial charge in [-0.1, -0.05) is 0 Å². The van der Waals surface area contributed by atoms with Gasteiger partial charge in [-0.3, -0.25) is 4.79 Å². The number of likely N-dealkylation sites (tertiary alicyclic amines) is 1. The van der Waals surface area contributed by atoms with E-state index in [1.165, 1.54) is 5.56 Å². The second-order valence-corrected chi connectivity index (χ2v) is 6.27. The third-order valence-electron chi connectivity index (χ3n) is 4.57. The molecule has 0 saturated carbocycles. The molecule has 2 N–H and O–H groups in total. The number of aryl methyl sites for hydroxylation is 1. The fourth-order valence-electron chi connectivity index (χ4n) is 3.12. The zero-order valence-electron chi connectivity index (χ0n) is 14.1. The summed E-state index contributed by atoms with van der Waals surface area (Å²) in [4.78, 5) is 25.8. The second kappa shape index (κ2) is 8.53.